The van der Waals surface area contributed by atoms with Crippen molar-refractivity contribution >= 4 is 44.4 Å². The molecule has 10 heteroatoms. The molecule has 2 heterocycles. The van der Waals surface area contributed by atoms with Gasteiger partial charge in [-0.05, 0) is 41.5 Å². The fourth-order valence-electron chi connectivity index (χ4n) is 2.88. The molecule has 0 aliphatic rings. The van der Waals surface area contributed by atoms with Gasteiger partial charge in [0.1, 0.15) is 0 Å². The molecule has 2 aromatic heterocycles. The summed E-state index contributed by atoms with van der Waals surface area (Å²) in [5.74, 6) is -1.30. The summed E-state index contributed by atoms with van der Waals surface area (Å²) in [5.41, 5.74) is -0.0151. The molecule has 0 bridgehead atoms. The first-order chi connectivity index (χ1) is 15.9. The number of alkyl halides is 1. The number of aryl methyl sites for hydroxylation is 1. The molecular weight excluding hydrogens is 562 g/mol. The predicted octanol–water partition coefficient (Wildman–Crippen LogP) is 1.57. The average Bonchev–Trinajstić information content (AvgIpc) is 2.80. The van der Waals surface area contributed by atoms with Crippen LogP contribution in [0, 0.1) is 0 Å². The molecule has 34 heavy (non-hydrogen) atoms. The minimum absolute atomic E-state index is 0. The Labute approximate surface area is 233 Å². The van der Waals surface area contributed by atoms with Crippen LogP contribution < -0.4 is 52.3 Å². The first kappa shape index (κ1) is 30.1. The first-order valence-electron chi connectivity index (χ1n) is 10.7. The van der Waals surface area contributed by atoms with Crippen LogP contribution in [0.2, 0.25) is 0 Å². The summed E-state index contributed by atoms with van der Waals surface area (Å²) in [6, 6.07) is 13.7. The number of nitrogens with zero attached hydrogens (tertiary/aromatic N) is 1. The van der Waals surface area contributed by atoms with Gasteiger partial charge in [0, 0.05) is 6.54 Å². The summed E-state index contributed by atoms with van der Waals surface area (Å²) in [6.07, 6.45) is 4.58. The van der Waals surface area contributed by atoms with Gasteiger partial charge in [0.05, 0.1) is 21.8 Å². The topological polar surface area (TPSA) is 115 Å². The number of H-pyrrole nitrogens is 1. The Hall–Kier alpha value is -1.95. The molecule has 4 rings (SSSR count). The summed E-state index contributed by atoms with van der Waals surface area (Å²) in [6.45, 7) is 4.84. The number of hydrogen-bond acceptors (Lipinski definition) is 6. The molecule has 0 radical (unpaired) electrons. The van der Waals surface area contributed by atoms with E-state index in [2.05, 4.69) is 43.3 Å². The number of halogens is 1. The van der Waals surface area contributed by atoms with Crippen molar-refractivity contribution in [2.24, 2.45) is 0 Å². The fraction of sp³-hybridized carbons (Fsp3) is 0.333. The number of rotatable bonds is 5. The number of unbranched alkanes of at least 4 members (excludes halogenated alkanes) is 2. The van der Waals surface area contributed by atoms with Crippen LogP contribution in [-0.4, -0.2) is 14.0 Å². The molecular formula is C24H28IN2NaO6. The van der Waals surface area contributed by atoms with Crippen LogP contribution in [0.25, 0.3) is 21.8 Å². The number of nitrogens with one attached hydrogen (secondary N) is 1. The zero-order valence-corrected chi connectivity index (χ0v) is 23.8. The molecule has 0 atom stereocenters. The number of fused-ring (bicyclic) bond motifs is 2. The van der Waals surface area contributed by atoms with Crippen LogP contribution in [0.1, 0.15) is 41.0 Å². The van der Waals surface area contributed by atoms with E-state index in [1.54, 1.807) is 42.5 Å². The smallest absolute Gasteiger partial charge is 1.00 e. The van der Waals surface area contributed by atoms with Crippen LogP contribution in [0.15, 0.2) is 76.5 Å². The number of aromatic nitrogens is 2. The summed E-state index contributed by atoms with van der Waals surface area (Å²) < 4.78 is 11.8. The van der Waals surface area contributed by atoms with Gasteiger partial charge in [-0.1, -0.05) is 73.5 Å². The normalized spacial score (nSPS) is 9.97. The van der Waals surface area contributed by atoms with Crippen molar-refractivity contribution in [3.05, 3.63) is 90.5 Å². The van der Waals surface area contributed by atoms with Crippen LogP contribution in [0.5, 0.6) is 0 Å². The Morgan fingerprint density at radius 1 is 0.853 bits per heavy atom. The largest absolute Gasteiger partial charge is 1.00 e. The number of para-hydroxylation sites is 2. The van der Waals surface area contributed by atoms with Gasteiger partial charge in [-0.3, -0.25) is 9.55 Å². The van der Waals surface area contributed by atoms with E-state index in [1.165, 1.54) is 21.8 Å². The zero-order chi connectivity index (χ0) is 24.2. The van der Waals surface area contributed by atoms with Crippen LogP contribution in [-0.2, 0) is 6.54 Å². The summed E-state index contributed by atoms with van der Waals surface area (Å²) in [5, 5.41) is 0.843. The van der Waals surface area contributed by atoms with Crippen molar-refractivity contribution in [3.63, 3.8) is 0 Å². The first-order valence-corrected chi connectivity index (χ1v) is 12.3. The van der Waals surface area contributed by atoms with Gasteiger partial charge in [0.2, 0.25) is 0 Å². The molecule has 0 unspecified atom stereocenters. The molecule has 0 aliphatic carbocycles. The quantitative estimate of drug-likeness (QED) is 0.215. The molecule has 0 saturated heterocycles. The van der Waals surface area contributed by atoms with Crippen LogP contribution >= 0.6 is 22.6 Å². The van der Waals surface area contributed by atoms with E-state index in [-0.39, 0.29) is 31.0 Å². The van der Waals surface area contributed by atoms with Gasteiger partial charge < -0.3 is 10.3 Å². The Kier molecular flexibility index (Phi) is 14.0. The molecule has 0 fully saturated rings. The van der Waals surface area contributed by atoms with E-state index in [0.29, 0.717) is 28.4 Å². The second-order valence-electron chi connectivity index (χ2n) is 7.07. The van der Waals surface area contributed by atoms with Crippen LogP contribution in [0.4, 0.5) is 0 Å². The van der Waals surface area contributed by atoms with Gasteiger partial charge in [-0.2, -0.15) is 0 Å². The van der Waals surface area contributed by atoms with E-state index < -0.39 is 22.8 Å². The second-order valence-corrected chi connectivity index (χ2v) is 8.15. The molecule has 0 amide bonds. The fourth-order valence-corrected chi connectivity index (χ4v) is 3.64. The van der Waals surface area contributed by atoms with Crippen molar-refractivity contribution < 1.29 is 39.8 Å². The molecule has 0 saturated carbocycles. The van der Waals surface area contributed by atoms with E-state index in [9.17, 15) is 19.2 Å². The van der Waals surface area contributed by atoms with Crippen molar-refractivity contribution in [2.45, 2.75) is 46.1 Å². The Morgan fingerprint density at radius 3 is 2.06 bits per heavy atom. The standard InChI is InChI=1S/C12H13NO3.C8H5NO3.C4H9I.Na.H/c1-2-3-8-13-10-7-5-4-6-9(10)11(14)16-12(13)15;10-7-5-3-1-2-4-6(5)9-8(11)12-7;1-2-3-4-5;;/h4-7H,2-3,8H2,1H3;1-4H,(H,9,11);2-4H2,1H3;;/q;;;+1;-1. The Bertz CT molecular complexity index is 1410. The summed E-state index contributed by atoms with van der Waals surface area (Å²) in [7, 11) is 0. The maximum Gasteiger partial charge on any atom is 1.00 e. The second kappa shape index (κ2) is 15.9. The molecule has 0 spiro atoms. The monoisotopic (exact) mass is 590 g/mol. The van der Waals surface area contributed by atoms with Crippen molar-refractivity contribution in [3.8, 4) is 0 Å². The van der Waals surface area contributed by atoms with E-state index in [4.69, 9.17) is 0 Å². The van der Waals surface area contributed by atoms with E-state index >= 15 is 0 Å². The Morgan fingerprint density at radius 2 is 1.44 bits per heavy atom. The molecule has 2 aromatic carbocycles. The molecule has 1 N–H and O–H groups in total. The van der Waals surface area contributed by atoms with Crippen molar-refractivity contribution in [2.75, 3.05) is 4.43 Å². The number of hydrogen-bond donors (Lipinski definition) is 1. The molecule has 0 aliphatic heterocycles. The van der Waals surface area contributed by atoms with Gasteiger partial charge in [0.15, 0.2) is 0 Å². The Balaban J connectivity index is 0.000000542. The van der Waals surface area contributed by atoms with E-state index in [0.717, 1.165) is 12.8 Å². The maximum absolute atomic E-state index is 11.6. The molecule has 4 aromatic rings. The SMILES string of the molecule is CCCCI.CCCCn1c(=O)oc(=O)c2ccccc21.O=c1[nH]c2ccccc2c(=O)o1.[H-].[Na+]. The van der Waals surface area contributed by atoms with Gasteiger partial charge >= 0.3 is 52.3 Å². The molecule has 178 valence electrons. The van der Waals surface area contributed by atoms with Gasteiger partial charge in [0.25, 0.3) is 0 Å². The summed E-state index contributed by atoms with van der Waals surface area (Å²) >= 11 is 2.39. The van der Waals surface area contributed by atoms with Crippen LogP contribution in [0.3, 0.4) is 0 Å². The van der Waals surface area contributed by atoms with E-state index in [1.807, 2.05) is 13.0 Å². The number of benzene rings is 2. The predicted molar refractivity (Wildman–Crippen MR) is 140 cm³/mol. The summed E-state index contributed by atoms with van der Waals surface area (Å²) in [4.78, 5) is 47.1. The van der Waals surface area contributed by atoms with Gasteiger partial charge in [-0.25, -0.2) is 19.2 Å². The third-order valence-electron chi connectivity index (χ3n) is 4.61. The third-order valence-corrected chi connectivity index (χ3v) is 5.37. The van der Waals surface area contributed by atoms with Gasteiger partial charge in [-0.15, -0.1) is 0 Å². The maximum atomic E-state index is 11.6. The minimum Gasteiger partial charge on any atom is -1.00 e. The molecule has 8 nitrogen and oxygen atoms in total. The van der Waals surface area contributed by atoms with Crippen molar-refractivity contribution in [1.29, 1.82) is 0 Å². The zero-order valence-electron chi connectivity index (χ0n) is 20.6. The minimum atomic E-state index is -0.723. The third kappa shape index (κ3) is 8.68. The average molecular weight is 590 g/mol. The van der Waals surface area contributed by atoms with Crippen molar-refractivity contribution in [1.82, 2.24) is 9.55 Å². The number of aromatic amines is 1.